The summed E-state index contributed by atoms with van der Waals surface area (Å²) >= 11 is 1.88. The first-order valence-corrected chi connectivity index (χ1v) is 4.27. The van der Waals surface area contributed by atoms with E-state index < -0.39 is 0 Å². The van der Waals surface area contributed by atoms with Gasteiger partial charge in [-0.2, -0.15) is 5.26 Å². The van der Waals surface area contributed by atoms with Gasteiger partial charge in [-0.15, -0.1) is 0 Å². The number of rotatable bonds is 1. The van der Waals surface area contributed by atoms with Gasteiger partial charge in [0.2, 0.25) is 0 Å². The molecule has 1 rings (SSSR count). The zero-order valence-corrected chi connectivity index (χ0v) is 8.29. The second-order valence-corrected chi connectivity index (χ2v) is 3.31. The predicted octanol–water partition coefficient (Wildman–Crippen LogP) is 1.90. The van der Waals surface area contributed by atoms with Gasteiger partial charge >= 0.3 is 0 Å². The lowest BCUT2D eigenvalue weighted by Crippen LogP contribution is -1.97. The Bertz CT molecular complexity index is 365. The molecule has 0 saturated carbocycles. The lowest BCUT2D eigenvalue weighted by atomic mass is 10.1. The summed E-state index contributed by atoms with van der Waals surface area (Å²) in [4.78, 5) is 0. The fourth-order valence-corrected chi connectivity index (χ4v) is 1.32. The summed E-state index contributed by atoms with van der Waals surface area (Å²) < 4.78 is 0.384. The van der Waals surface area contributed by atoms with Gasteiger partial charge in [-0.25, -0.2) is 0 Å². The predicted molar refractivity (Wildman–Crippen MR) is 56.4 cm³/mol. The fraction of sp³-hybridized carbons (Fsp3) is 0. The maximum Gasteiger partial charge on any atom is 0.101 e. The number of nitrogens with one attached hydrogen (secondary N) is 1. The molecule has 0 fully saturated rings. The summed E-state index contributed by atoms with van der Waals surface area (Å²) in [5.74, 6) is 0. The maximum absolute atomic E-state index is 8.53. The van der Waals surface area contributed by atoms with Gasteiger partial charge in [-0.3, -0.25) is 5.41 Å². The first-order chi connectivity index (χ1) is 5.65. The van der Waals surface area contributed by atoms with Gasteiger partial charge in [0.25, 0.3) is 0 Å². The maximum atomic E-state index is 8.53. The van der Waals surface area contributed by atoms with Crippen LogP contribution in [0, 0.1) is 16.7 Å². The van der Waals surface area contributed by atoms with Crippen LogP contribution in [0.4, 0.5) is 5.69 Å². The molecule has 4 heteroatoms. The molecule has 3 N–H and O–H groups in total. The minimum Gasteiger partial charge on any atom is -0.398 e. The van der Waals surface area contributed by atoms with Crippen LogP contribution in [0.3, 0.4) is 0 Å². The van der Waals surface area contributed by atoms with Gasteiger partial charge in [-0.1, -0.05) is 0 Å². The van der Waals surface area contributed by atoms with Gasteiger partial charge in [0.1, 0.15) is 3.72 Å². The van der Waals surface area contributed by atoms with Crippen LogP contribution in [-0.2, 0) is 0 Å². The van der Waals surface area contributed by atoms with Crippen LogP contribution >= 0.6 is 22.6 Å². The molecule has 0 unspecified atom stereocenters. The molecule has 3 nitrogen and oxygen atoms in total. The number of nitrogens with zero attached hydrogens (tertiary/aromatic N) is 1. The Labute approximate surface area is 83.8 Å². The van der Waals surface area contributed by atoms with E-state index >= 15 is 0 Å². The summed E-state index contributed by atoms with van der Waals surface area (Å²) in [6.07, 6.45) is 0. The molecule has 12 heavy (non-hydrogen) atoms. The van der Waals surface area contributed by atoms with E-state index in [0.29, 0.717) is 20.5 Å². The van der Waals surface area contributed by atoms with Crippen LogP contribution in [0.5, 0.6) is 0 Å². The third-order valence-corrected chi connectivity index (χ3v) is 2.00. The number of nitriles is 1. The number of benzene rings is 1. The van der Waals surface area contributed by atoms with Crippen molar-refractivity contribution in [1.29, 1.82) is 10.7 Å². The Hall–Kier alpha value is -1.09. The molecular weight excluding hydrogens is 265 g/mol. The lowest BCUT2D eigenvalue weighted by Gasteiger charge is -2.01. The van der Waals surface area contributed by atoms with Crippen molar-refractivity contribution in [1.82, 2.24) is 0 Å². The van der Waals surface area contributed by atoms with Gasteiger partial charge in [0.05, 0.1) is 11.6 Å². The highest BCUT2D eigenvalue weighted by molar-refractivity contribution is 14.1. The molecule has 0 spiro atoms. The topological polar surface area (TPSA) is 73.7 Å². The smallest absolute Gasteiger partial charge is 0.101 e. The van der Waals surface area contributed by atoms with E-state index in [9.17, 15) is 0 Å². The standard InChI is InChI=1S/C8H6IN3/c9-8(12)6-2-1-5(4-10)3-7(6)11/h1-3,12H,11H2. The Morgan fingerprint density at radius 1 is 1.58 bits per heavy atom. The largest absolute Gasteiger partial charge is 0.398 e. The van der Waals surface area contributed by atoms with Crippen molar-refractivity contribution in [3.05, 3.63) is 29.3 Å². The molecule has 0 aliphatic rings. The summed E-state index contributed by atoms with van der Waals surface area (Å²) in [6.45, 7) is 0. The molecule has 1 aromatic carbocycles. The Morgan fingerprint density at radius 3 is 2.67 bits per heavy atom. The second kappa shape index (κ2) is 3.54. The average Bonchev–Trinajstić information content (AvgIpc) is 2.03. The van der Waals surface area contributed by atoms with E-state index in [4.69, 9.17) is 16.4 Å². The highest BCUT2D eigenvalue weighted by Gasteiger charge is 2.02. The first kappa shape index (κ1) is 9.00. The van der Waals surface area contributed by atoms with Crippen LogP contribution < -0.4 is 5.73 Å². The van der Waals surface area contributed by atoms with Crippen molar-refractivity contribution < 1.29 is 0 Å². The van der Waals surface area contributed by atoms with Crippen LogP contribution in [0.15, 0.2) is 18.2 Å². The summed E-state index contributed by atoms with van der Waals surface area (Å²) in [5, 5.41) is 15.9. The molecule has 0 aromatic heterocycles. The van der Waals surface area contributed by atoms with E-state index in [2.05, 4.69) is 0 Å². The lowest BCUT2D eigenvalue weighted by molar-refractivity contribution is 1.47. The van der Waals surface area contributed by atoms with Crippen LogP contribution in [0.25, 0.3) is 0 Å². The highest BCUT2D eigenvalue weighted by Crippen LogP contribution is 2.16. The van der Waals surface area contributed by atoms with Gasteiger partial charge in [0, 0.05) is 11.3 Å². The molecule has 60 valence electrons. The number of halogens is 1. The minimum absolute atomic E-state index is 0.384. The molecule has 0 radical (unpaired) electrons. The van der Waals surface area contributed by atoms with Gasteiger partial charge < -0.3 is 5.73 Å². The van der Waals surface area contributed by atoms with E-state index in [1.165, 1.54) is 0 Å². The van der Waals surface area contributed by atoms with Crippen LogP contribution in [-0.4, -0.2) is 3.72 Å². The van der Waals surface area contributed by atoms with Crippen molar-refractivity contribution in [3.63, 3.8) is 0 Å². The highest BCUT2D eigenvalue weighted by atomic mass is 127. The Balaban J connectivity index is 3.23. The molecule has 0 aliphatic heterocycles. The molecule has 0 amide bonds. The van der Waals surface area contributed by atoms with Crippen molar-refractivity contribution in [3.8, 4) is 6.07 Å². The summed E-state index contributed by atoms with van der Waals surface area (Å²) in [6, 6.07) is 6.89. The van der Waals surface area contributed by atoms with Crippen molar-refractivity contribution in [2.24, 2.45) is 0 Å². The molecule has 1 aromatic rings. The second-order valence-electron chi connectivity index (χ2n) is 2.23. The molecule has 0 bridgehead atoms. The molecule has 0 heterocycles. The first-order valence-electron chi connectivity index (χ1n) is 3.19. The fourth-order valence-electron chi connectivity index (χ4n) is 0.832. The van der Waals surface area contributed by atoms with Crippen molar-refractivity contribution in [2.45, 2.75) is 0 Å². The molecule has 0 saturated heterocycles. The SMILES string of the molecule is N#Cc1ccc(C(=N)I)c(N)c1. The summed E-state index contributed by atoms with van der Waals surface area (Å²) in [5.41, 5.74) is 7.28. The Morgan fingerprint density at radius 2 is 2.25 bits per heavy atom. The normalized spacial score (nSPS) is 9.00. The van der Waals surface area contributed by atoms with E-state index in [1.54, 1.807) is 18.2 Å². The van der Waals surface area contributed by atoms with Gasteiger partial charge in [0.15, 0.2) is 0 Å². The van der Waals surface area contributed by atoms with Crippen molar-refractivity contribution in [2.75, 3.05) is 5.73 Å². The number of anilines is 1. The summed E-state index contributed by atoms with van der Waals surface area (Å²) in [7, 11) is 0. The van der Waals surface area contributed by atoms with Crippen molar-refractivity contribution >= 4 is 32.0 Å². The average molecular weight is 271 g/mol. The molecule has 0 aliphatic carbocycles. The van der Waals surface area contributed by atoms with E-state index in [0.717, 1.165) is 0 Å². The number of nitrogen functional groups attached to an aromatic ring is 1. The quantitative estimate of drug-likeness (QED) is 0.465. The third-order valence-electron chi connectivity index (χ3n) is 1.42. The van der Waals surface area contributed by atoms with Gasteiger partial charge in [-0.05, 0) is 40.8 Å². The minimum atomic E-state index is 0.384. The van der Waals surface area contributed by atoms with Crippen LogP contribution in [0.2, 0.25) is 0 Å². The number of nitrogens with two attached hydrogens (primary N) is 1. The van der Waals surface area contributed by atoms with Crippen LogP contribution in [0.1, 0.15) is 11.1 Å². The third kappa shape index (κ3) is 1.74. The van der Waals surface area contributed by atoms with E-state index in [1.807, 2.05) is 28.7 Å². The zero-order chi connectivity index (χ0) is 9.14. The zero-order valence-electron chi connectivity index (χ0n) is 6.13. The monoisotopic (exact) mass is 271 g/mol. The Kier molecular flexibility index (Phi) is 2.65. The molecule has 0 atom stereocenters. The van der Waals surface area contributed by atoms with E-state index in [-0.39, 0.29) is 0 Å². The number of hydrogen-bond acceptors (Lipinski definition) is 3. The number of hydrogen-bond donors (Lipinski definition) is 2. The molecular formula is C8H6IN3.